The highest BCUT2D eigenvalue weighted by Gasteiger charge is 2.41. The predicted molar refractivity (Wildman–Crippen MR) is 109 cm³/mol. The third-order valence-electron chi connectivity index (χ3n) is 6.80. The molecular weight excluding hydrogens is 322 g/mol. The van der Waals surface area contributed by atoms with Crippen LogP contribution in [0.4, 0.5) is 0 Å². The van der Waals surface area contributed by atoms with Crippen LogP contribution in [0.3, 0.4) is 0 Å². The first-order valence-electron chi connectivity index (χ1n) is 10.5. The van der Waals surface area contributed by atoms with Crippen LogP contribution < -0.4 is 0 Å². The van der Waals surface area contributed by atoms with E-state index in [0.717, 1.165) is 12.6 Å². The lowest BCUT2D eigenvalue weighted by Gasteiger charge is -2.50. The van der Waals surface area contributed by atoms with Crippen molar-refractivity contribution in [1.82, 2.24) is 14.7 Å². The number of benzene rings is 1. The Morgan fingerprint density at radius 1 is 1.15 bits per heavy atom. The van der Waals surface area contributed by atoms with Gasteiger partial charge in [0.2, 0.25) is 0 Å². The largest absolute Gasteiger partial charge is 0.508 e. The lowest BCUT2D eigenvalue weighted by atomic mass is 9.73. The Hall–Kier alpha value is -1.10. The molecule has 1 aromatic carbocycles. The van der Waals surface area contributed by atoms with Gasteiger partial charge in [0.1, 0.15) is 5.75 Å². The molecule has 1 aliphatic carbocycles. The average molecular weight is 360 g/mol. The van der Waals surface area contributed by atoms with Crippen LogP contribution in [0.25, 0.3) is 0 Å². The molecule has 4 nitrogen and oxygen atoms in total. The molecule has 146 valence electrons. The second kappa shape index (κ2) is 8.73. The van der Waals surface area contributed by atoms with Crippen molar-refractivity contribution in [3.8, 4) is 5.75 Å². The fourth-order valence-corrected chi connectivity index (χ4v) is 4.93. The quantitative estimate of drug-likeness (QED) is 0.842. The van der Waals surface area contributed by atoms with Crippen LogP contribution in [0.15, 0.2) is 24.3 Å². The zero-order valence-electron chi connectivity index (χ0n) is 17.0. The van der Waals surface area contributed by atoms with Gasteiger partial charge in [0, 0.05) is 37.8 Å². The molecule has 0 radical (unpaired) electrons. The Balaban J connectivity index is 1.74. The Morgan fingerprint density at radius 2 is 1.85 bits per heavy atom. The van der Waals surface area contributed by atoms with Gasteiger partial charge < -0.3 is 10.0 Å². The van der Waals surface area contributed by atoms with Crippen LogP contribution in [-0.4, -0.2) is 72.7 Å². The van der Waals surface area contributed by atoms with Gasteiger partial charge in [-0.1, -0.05) is 25.5 Å². The van der Waals surface area contributed by atoms with Crippen molar-refractivity contribution in [3.63, 3.8) is 0 Å². The number of aromatic hydroxyl groups is 1. The molecule has 1 N–H and O–H groups in total. The summed E-state index contributed by atoms with van der Waals surface area (Å²) < 4.78 is 0. The van der Waals surface area contributed by atoms with Gasteiger partial charge in [-0.3, -0.25) is 9.80 Å². The molecule has 2 aliphatic rings. The van der Waals surface area contributed by atoms with Gasteiger partial charge in [0.25, 0.3) is 0 Å². The second-order valence-corrected chi connectivity index (χ2v) is 8.43. The Kier molecular flexibility index (Phi) is 6.60. The molecule has 0 unspecified atom stereocenters. The minimum atomic E-state index is 0.0803. The number of hydrogen-bond acceptors (Lipinski definition) is 4. The van der Waals surface area contributed by atoms with Crippen molar-refractivity contribution in [2.45, 2.75) is 57.0 Å². The number of piperazine rings is 1. The molecule has 26 heavy (non-hydrogen) atoms. The molecule has 0 aromatic heterocycles. The maximum Gasteiger partial charge on any atom is 0.115 e. The number of rotatable bonds is 6. The first kappa shape index (κ1) is 19.7. The third kappa shape index (κ3) is 4.24. The van der Waals surface area contributed by atoms with Gasteiger partial charge in [-0.15, -0.1) is 0 Å². The molecule has 4 heteroatoms. The maximum absolute atomic E-state index is 10.1. The lowest BCUT2D eigenvalue weighted by molar-refractivity contribution is 0.0192. The number of unbranched alkanes of at least 4 members (excludes halogenated alkanes) is 1. The van der Waals surface area contributed by atoms with E-state index >= 15 is 0 Å². The zero-order valence-corrected chi connectivity index (χ0v) is 17.0. The summed E-state index contributed by atoms with van der Waals surface area (Å²) in [6, 6.07) is 8.75. The summed E-state index contributed by atoms with van der Waals surface area (Å²) in [5.74, 6) is 0.395. The molecule has 0 spiro atoms. The van der Waals surface area contributed by atoms with E-state index in [1.165, 1.54) is 70.3 Å². The SMILES string of the molecule is CCCCN(C)C1(c2cccc(O)c2)CCC(N2CCN(C)CC2)CC1. The van der Waals surface area contributed by atoms with E-state index < -0.39 is 0 Å². The smallest absolute Gasteiger partial charge is 0.115 e. The standard InChI is InChI=1S/C22H37N3O/c1-4-5-13-24(3)22(19-7-6-8-21(26)18-19)11-9-20(10-12-22)25-16-14-23(2)15-17-25/h6-8,18,20,26H,4-5,9-17H2,1-3H3. The third-order valence-corrected chi connectivity index (χ3v) is 6.80. The maximum atomic E-state index is 10.1. The highest BCUT2D eigenvalue weighted by atomic mass is 16.3. The summed E-state index contributed by atoms with van der Waals surface area (Å²) in [5.41, 5.74) is 1.38. The van der Waals surface area contributed by atoms with Crippen LogP contribution in [0.1, 0.15) is 51.0 Å². The molecule has 3 rings (SSSR count). The van der Waals surface area contributed by atoms with Gasteiger partial charge in [-0.05, 0) is 70.4 Å². The average Bonchev–Trinajstić information content (AvgIpc) is 2.67. The van der Waals surface area contributed by atoms with Crippen LogP contribution in [0, 0.1) is 0 Å². The molecule has 0 atom stereocenters. The summed E-state index contributed by atoms with van der Waals surface area (Å²) in [4.78, 5) is 7.73. The van der Waals surface area contributed by atoms with E-state index in [0.29, 0.717) is 5.75 Å². The van der Waals surface area contributed by atoms with Crippen LogP contribution in [0.5, 0.6) is 5.75 Å². The highest BCUT2D eigenvalue weighted by Crippen LogP contribution is 2.43. The van der Waals surface area contributed by atoms with Crippen LogP contribution in [0.2, 0.25) is 0 Å². The second-order valence-electron chi connectivity index (χ2n) is 8.43. The lowest BCUT2D eigenvalue weighted by Crippen LogP contribution is -2.53. The molecule has 1 aromatic rings. The van der Waals surface area contributed by atoms with Gasteiger partial charge in [0.05, 0.1) is 0 Å². The molecule has 1 heterocycles. The summed E-state index contributed by atoms with van der Waals surface area (Å²) >= 11 is 0. The number of phenols is 1. The van der Waals surface area contributed by atoms with Gasteiger partial charge in [0.15, 0.2) is 0 Å². The first-order valence-corrected chi connectivity index (χ1v) is 10.5. The minimum absolute atomic E-state index is 0.0803. The fourth-order valence-electron chi connectivity index (χ4n) is 4.93. The topological polar surface area (TPSA) is 30.0 Å². The highest BCUT2D eigenvalue weighted by molar-refractivity contribution is 5.33. The monoisotopic (exact) mass is 359 g/mol. The summed E-state index contributed by atoms with van der Waals surface area (Å²) in [6.45, 7) is 8.22. The van der Waals surface area contributed by atoms with E-state index in [4.69, 9.17) is 0 Å². The van der Waals surface area contributed by atoms with E-state index in [1.807, 2.05) is 12.1 Å². The molecular formula is C22H37N3O. The molecule has 2 fully saturated rings. The summed E-state index contributed by atoms with van der Waals surface area (Å²) in [6.07, 6.45) is 7.36. The first-order chi connectivity index (χ1) is 12.5. The molecule has 1 aliphatic heterocycles. The molecule has 1 saturated carbocycles. The van der Waals surface area contributed by atoms with Gasteiger partial charge >= 0.3 is 0 Å². The van der Waals surface area contributed by atoms with Crippen molar-refractivity contribution < 1.29 is 5.11 Å². The fraction of sp³-hybridized carbons (Fsp3) is 0.727. The minimum Gasteiger partial charge on any atom is -0.508 e. The van der Waals surface area contributed by atoms with Crippen molar-refractivity contribution in [3.05, 3.63) is 29.8 Å². The number of phenolic OH excluding ortho intramolecular Hbond substituents is 1. The predicted octanol–water partition coefficient (Wildman–Crippen LogP) is 3.51. The van der Waals surface area contributed by atoms with Crippen molar-refractivity contribution >= 4 is 0 Å². The number of nitrogens with zero attached hydrogens (tertiary/aromatic N) is 3. The Labute approximate surface area is 159 Å². The van der Waals surface area contributed by atoms with Gasteiger partial charge in [-0.2, -0.15) is 0 Å². The normalized spacial score (nSPS) is 28.5. The van der Waals surface area contributed by atoms with Crippen molar-refractivity contribution in [1.29, 1.82) is 0 Å². The molecule has 1 saturated heterocycles. The van der Waals surface area contributed by atoms with Crippen molar-refractivity contribution in [2.24, 2.45) is 0 Å². The number of likely N-dealkylation sites (N-methyl/N-ethyl adjacent to an activating group) is 1. The molecule has 0 amide bonds. The Bertz CT molecular complexity index is 560. The van der Waals surface area contributed by atoms with E-state index in [2.05, 4.69) is 41.8 Å². The molecule has 0 bridgehead atoms. The zero-order chi connectivity index (χ0) is 18.6. The Morgan fingerprint density at radius 3 is 2.46 bits per heavy atom. The van der Waals surface area contributed by atoms with E-state index in [-0.39, 0.29) is 5.54 Å². The van der Waals surface area contributed by atoms with Crippen LogP contribution in [-0.2, 0) is 5.54 Å². The van der Waals surface area contributed by atoms with E-state index in [9.17, 15) is 5.11 Å². The summed E-state index contributed by atoms with van der Waals surface area (Å²) in [7, 11) is 4.52. The van der Waals surface area contributed by atoms with Gasteiger partial charge in [-0.25, -0.2) is 0 Å². The summed E-state index contributed by atoms with van der Waals surface area (Å²) in [5, 5.41) is 10.1. The van der Waals surface area contributed by atoms with Crippen molar-refractivity contribution in [2.75, 3.05) is 46.8 Å². The van der Waals surface area contributed by atoms with E-state index in [1.54, 1.807) is 6.07 Å². The van der Waals surface area contributed by atoms with Crippen LogP contribution >= 0.6 is 0 Å². The number of hydrogen-bond donors (Lipinski definition) is 1.